The van der Waals surface area contributed by atoms with Crippen LogP contribution in [-0.4, -0.2) is 7.11 Å². The first-order valence-electron chi connectivity index (χ1n) is 9.60. The van der Waals surface area contributed by atoms with Gasteiger partial charge in [0.2, 0.25) is 0 Å². The predicted molar refractivity (Wildman–Crippen MR) is 103 cm³/mol. The number of hydrogen-bond donors (Lipinski definition) is 0. The maximum atomic E-state index is 5.50. The number of allylic oxidation sites excluding steroid dienone is 2. The Morgan fingerprint density at radius 3 is 2.54 bits per heavy atom. The largest absolute Gasteiger partial charge is 0.497 e. The molecule has 132 valence electrons. The van der Waals surface area contributed by atoms with Gasteiger partial charge in [0.05, 0.1) is 7.11 Å². The van der Waals surface area contributed by atoms with E-state index in [-0.39, 0.29) is 0 Å². The molecule has 0 N–H and O–H groups in total. The van der Waals surface area contributed by atoms with Gasteiger partial charge in [-0.15, -0.1) is 0 Å². The van der Waals surface area contributed by atoms with Gasteiger partial charge in [0.15, 0.2) is 0 Å². The molecule has 0 amide bonds. The fraction of sp³-hybridized carbons (Fsp3) is 0.652. The van der Waals surface area contributed by atoms with Crippen LogP contribution in [0, 0.1) is 23.7 Å². The van der Waals surface area contributed by atoms with Crippen LogP contribution in [0.4, 0.5) is 0 Å². The van der Waals surface area contributed by atoms with E-state index in [1.807, 2.05) is 0 Å². The number of ether oxygens (including phenoxy) is 1. The van der Waals surface area contributed by atoms with Gasteiger partial charge < -0.3 is 4.74 Å². The minimum atomic E-state index is 0.376. The first-order chi connectivity index (χ1) is 11.3. The summed E-state index contributed by atoms with van der Waals surface area (Å²) in [6.07, 6.45) is 7.85. The molecule has 0 heterocycles. The molecule has 24 heavy (non-hydrogen) atoms. The molecule has 1 nitrogen and oxygen atoms in total. The highest BCUT2D eigenvalue weighted by Crippen LogP contribution is 2.59. The predicted octanol–water partition coefficient (Wildman–Crippen LogP) is 6.49. The summed E-state index contributed by atoms with van der Waals surface area (Å²) in [5, 5.41) is 0. The van der Waals surface area contributed by atoms with Gasteiger partial charge in [0.1, 0.15) is 5.75 Å². The highest BCUT2D eigenvalue weighted by molar-refractivity contribution is 5.39. The van der Waals surface area contributed by atoms with Crippen molar-refractivity contribution < 1.29 is 4.74 Å². The lowest BCUT2D eigenvalue weighted by atomic mass is 9.50. The van der Waals surface area contributed by atoms with E-state index in [2.05, 4.69) is 52.8 Å². The van der Waals surface area contributed by atoms with Crippen LogP contribution in [0.25, 0.3) is 0 Å². The quantitative estimate of drug-likeness (QED) is 0.577. The summed E-state index contributed by atoms with van der Waals surface area (Å²) < 4.78 is 5.50. The Hall–Kier alpha value is -1.24. The molecule has 0 bridgehead atoms. The molecule has 1 fully saturated rings. The summed E-state index contributed by atoms with van der Waals surface area (Å²) in [6, 6.07) is 6.69. The Kier molecular flexibility index (Phi) is 4.57. The molecule has 0 saturated heterocycles. The fourth-order valence-corrected chi connectivity index (χ4v) is 5.79. The standard InChI is InChI=1S/C23H34O/c1-16-12-18(14-19(13-16)24-6)15-20-17(2)8-9-21-22(3,4)10-7-11-23(20,21)5/h12-14,21H,7-11,15H2,1-6H3. The Morgan fingerprint density at radius 2 is 1.83 bits per heavy atom. The third kappa shape index (κ3) is 3.03. The van der Waals surface area contributed by atoms with Crippen molar-refractivity contribution in [3.63, 3.8) is 0 Å². The number of benzene rings is 1. The lowest BCUT2D eigenvalue weighted by Gasteiger charge is -2.55. The molecule has 0 radical (unpaired) electrons. The molecular formula is C23H34O. The summed E-state index contributed by atoms with van der Waals surface area (Å²) in [6.45, 7) is 12.1. The summed E-state index contributed by atoms with van der Waals surface area (Å²) in [4.78, 5) is 0. The molecule has 3 rings (SSSR count). The maximum absolute atomic E-state index is 5.50. The Balaban J connectivity index is 1.98. The first-order valence-corrected chi connectivity index (χ1v) is 9.60. The molecule has 0 aliphatic heterocycles. The number of fused-ring (bicyclic) bond motifs is 1. The molecule has 2 unspecified atom stereocenters. The minimum absolute atomic E-state index is 0.376. The smallest absolute Gasteiger partial charge is 0.119 e. The van der Waals surface area contributed by atoms with E-state index in [9.17, 15) is 0 Å². The molecule has 0 spiro atoms. The van der Waals surface area contributed by atoms with Crippen molar-refractivity contribution in [2.24, 2.45) is 16.7 Å². The second-order valence-corrected chi connectivity index (χ2v) is 9.14. The molecule has 0 aromatic heterocycles. The van der Waals surface area contributed by atoms with Crippen LogP contribution in [0.1, 0.15) is 70.9 Å². The third-order valence-electron chi connectivity index (χ3n) is 6.97. The fourth-order valence-electron chi connectivity index (χ4n) is 5.79. The van der Waals surface area contributed by atoms with Crippen molar-refractivity contribution in [1.82, 2.24) is 0 Å². The van der Waals surface area contributed by atoms with Gasteiger partial charge in [-0.3, -0.25) is 0 Å². The molecular weight excluding hydrogens is 292 g/mol. The highest BCUT2D eigenvalue weighted by Gasteiger charge is 2.49. The number of hydrogen-bond acceptors (Lipinski definition) is 1. The SMILES string of the molecule is COc1cc(C)cc(CC2=C(C)CCC3C(C)(C)CCCC23C)c1. The van der Waals surface area contributed by atoms with Crippen LogP contribution in [0.5, 0.6) is 5.75 Å². The van der Waals surface area contributed by atoms with E-state index in [1.54, 1.807) is 18.3 Å². The molecule has 1 heteroatoms. The highest BCUT2D eigenvalue weighted by atomic mass is 16.5. The van der Waals surface area contributed by atoms with Gasteiger partial charge in [-0.05, 0) is 86.0 Å². The third-order valence-corrected chi connectivity index (χ3v) is 6.97. The van der Waals surface area contributed by atoms with E-state index in [1.165, 1.54) is 43.2 Å². The van der Waals surface area contributed by atoms with Crippen LogP contribution in [0.15, 0.2) is 29.3 Å². The lowest BCUT2D eigenvalue weighted by Crippen LogP contribution is -2.45. The summed E-state index contributed by atoms with van der Waals surface area (Å²) >= 11 is 0. The monoisotopic (exact) mass is 326 g/mol. The second-order valence-electron chi connectivity index (χ2n) is 9.14. The molecule has 2 atom stereocenters. The zero-order valence-corrected chi connectivity index (χ0v) is 16.5. The maximum Gasteiger partial charge on any atom is 0.119 e. The van der Waals surface area contributed by atoms with Gasteiger partial charge in [-0.25, -0.2) is 0 Å². The molecule has 2 aliphatic rings. The Bertz CT molecular complexity index is 652. The van der Waals surface area contributed by atoms with Gasteiger partial charge >= 0.3 is 0 Å². The zero-order chi connectivity index (χ0) is 17.5. The summed E-state index contributed by atoms with van der Waals surface area (Å²) in [5.74, 6) is 1.81. The van der Waals surface area contributed by atoms with E-state index in [0.29, 0.717) is 10.8 Å². The van der Waals surface area contributed by atoms with Gasteiger partial charge in [0.25, 0.3) is 0 Å². The number of methoxy groups -OCH3 is 1. The van der Waals surface area contributed by atoms with Crippen molar-refractivity contribution in [3.8, 4) is 5.75 Å². The number of rotatable bonds is 3. The molecule has 2 aliphatic carbocycles. The minimum Gasteiger partial charge on any atom is -0.497 e. The van der Waals surface area contributed by atoms with Crippen molar-refractivity contribution in [3.05, 3.63) is 40.5 Å². The molecule has 1 aromatic rings. The second kappa shape index (κ2) is 6.24. The zero-order valence-electron chi connectivity index (χ0n) is 16.5. The van der Waals surface area contributed by atoms with Gasteiger partial charge in [-0.2, -0.15) is 0 Å². The lowest BCUT2D eigenvalue weighted by molar-refractivity contribution is 0.0112. The van der Waals surface area contributed by atoms with Crippen LogP contribution >= 0.6 is 0 Å². The topological polar surface area (TPSA) is 9.23 Å². The van der Waals surface area contributed by atoms with Crippen LogP contribution in [0.3, 0.4) is 0 Å². The summed E-state index contributed by atoms with van der Waals surface area (Å²) in [5.41, 5.74) is 6.92. The van der Waals surface area contributed by atoms with Crippen LogP contribution < -0.4 is 4.74 Å². The van der Waals surface area contributed by atoms with Crippen LogP contribution in [-0.2, 0) is 6.42 Å². The van der Waals surface area contributed by atoms with Crippen molar-refractivity contribution in [1.29, 1.82) is 0 Å². The average molecular weight is 327 g/mol. The van der Waals surface area contributed by atoms with Crippen molar-refractivity contribution in [2.75, 3.05) is 7.11 Å². The first kappa shape index (κ1) is 17.6. The van der Waals surface area contributed by atoms with E-state index < -0.39 is 0 Å². The Morgan fingerprint density at radius 1 is 1.08 bits per heavy atom. The normalized spacial score (nSPS) is 29.3. The molecule has 1 aromatic carbocycles. The van der Waals surface area contributed by atoms with Crippen molar-refractivity contribution in [2.45, 2.75) is 73.1 Å². The summed E-state index contributed by atoms with van der Waals surface area (Å²) in [7, 11) is 1.77. The number of aryl methyl sites for hydroxylation is 1. The van der Waals surface area contributed by atoms with E-state index >= 15 is 0 Å². The Labute approximate surface area is 148 Å². The van der Waals surface area contributed by atoms with E-state index in [0.717, 1.165) is 18.1 Å². The van der Waals surface area contributed by atoms with Crippen LogP contribution in [0.2, 0.25) is 0 Å². The van der Waals surface area contributed by atoms with Gasteiger partial charge in [-0.1, -0.05) is 44.4 Å². The van der Waals surface area contributed by atoms with Gasteiger partial charge in [0, 0.05) is 0 Å². The average Bonchev–Trinajstić information content (AvgIpc) is 2.49. The van der Waals surface area contributed by atoms with E-state index in [4.69, 9.17) is 4.74 Å². The van der Waals surface area contributed by atoms with Crippen molar-refractivity contribution >= 4 is 0 Å². The molecule has 1 saturated carbocycles.